The van der Waals surface area contributed by atoms with Gasteiger partial charge in [0.2, 0.25) is 5.95 Å². The van der Waals surface area contributed by atoms with Crippen LogP contribution in [0.2, 0.25) is 0 Å². The van der Waals surface area contributed by atoms with Crippen molar-refractivity contribution in [2.75, 3.05) is 44.4 Å². The molecule has 0 aliphatic carbocycles. The van der Waals surface area contributed by atoms with Crippen LogP contribution in [0.4, 0.5) is 11.8 Å². The lowest BCUT2D eigenvalue weighted by Gasteiger charge is -2.14. The summed E-state index contributed by atoms with van der Waals surface area (Å²) >= 11 is 0. The minimum Gasteiger partial charge on any atom is -0.382 e. The summed E-state index contributed by atoms with van der Waals surface area (Å²) in [6, 6.07) is 0. The van der Waals surface area contributed by atoms with Gasteiger partial charge in [-0.1, -0.05) is 0 Å². The van der Waals surface area contributed by atoms with Crippen LogP contribution in [0.25, 0.3) is 11.2 Å². The summed E-state index contributed by atoms with van der Waals surface area (Å²) in [6.45, 7) is 2.18. The summed E-state index contributed by atoms with van der Waals surface area (Å²) in [5.74, 6) is 0.296. The Morgan fingerprint density at radius 2 is 1.90 bits per heavy atom. The van der Waals surface area contributed by atoms with Crippen LogP contribution in [-0.4, -0.2) is 52.5 Å². The van der Waals surface area contributed by atoms with E-state index in [9.17, 15) is 0 Å². The fourth-order valence-electron chi connectivity index (χ4n) is 1.79. The average Bonchev–Trinajstić information content (AvgIpc) is 2.86. The van der Waals surface area contributed by atoms with Gasteiger partial charge in [-0.2, -0.15) is 9.97 Å². The second-order valence-electron chi connectivity index (χ2n) is 4.33. The Bertz CT molecular complexity index is 587. The SMILES string of the molecule is NCCOCCOCC(N)n1cnc2c(N)nc(N)nc21. The molecule has 21 heavy (non-hydrogen) atoms. The molecule has 0 radical (unpaired) electrons. The van der Waals surface area contributed by atoms with Crippen LogP contribution in [0.1, 0.15) is 6.17 Å². The van der Waals surface area contributed by atoms with Gasteiger partial charge in [0.05, 0.1) is 32.8 Å². The molecule has 8 N–H and O–H groups in total. The molecule has 0 aromatic carbocycles. The highest BCUT2D eigenvalue weighted by molar-refractivity contribution is 5.82. The Balaban J connectivity index is 1.95. The third kappa shape index (κ3) is 3.76. The molecule has 0 amide bonds. The predicted octanol–water partition coefficient (Wildman–Crippen LogP) is -1.56. The van der Waals surface area contributed by atoms with Gasteiger partial charge in [-0.25, -0.2) is 4.98 Å². The summed E-state index contributed by atoms with van der Waals surface area (Å²) < 4.78 is 12.3. The monoisotopic (exact) mass is 296 g/mol. The number of fused-ring (bicyclic) bond motifs is 1. The molecule has 0 bridgehead atoms. The van der Waals surface area contributed by atoms with Gasteiger partial charge in [-0.05, 0) is 0 Å². The maximum absolute atomic E-state index is 6.04. The molecule has 0 saturated heterocycles. The van der Waals surface area contributed by atoms with Crippen LogP contribution in [-0.2, 0) is 9.47 Å². The van der Waals surface area contributed by atoms with Crippen LogP contribution < -0.4 is 22.9 Å². The smallest absolute Gasteiger partial charge is 0.224 e. The molecule has 0 aliphatic heterocycles. The van der Waals surface area contributed by atoms with E-state index in [1.807, 2.05) is 0 Å². The van der Waals surface area contributed by atoms with Crippen molar-refractivity contribution in [3.05, 3.63) is 6.33 Å². The third-order valence-electron chi connectivity index (χ3n) is 2.75. The fourth-order valence-corrected chi connectivity index (χ4v) is 1.79. The summed E-state index contributed by atoms with van der Waals surface area (Å²) in [5, 5.41) is 0. The molecule has 116 valence electrons. The normalized spacial score (nSPS) is 12.9. The van der Waals surface area contributed by atoms with E-state index in [0.29, 0.717) is 37.5 Å². The lowest BCUT2D eigenvalue weighted by Crippen LogP contribution is -2.25. The number of rotatable bonds is 8. The van der Waals surface area contributed by atoms with Crippen LogP contribution >= 0.6 is 0 Å². The molecule has 10 nitrogen and oxygen atoms in total. The zero-order chi connectivity index (χ0) is 15.2. The Hall–Kier alpha value is -2.01. The van der Waals surface area contributed by atoms with Crippen molar-refractivity contribution in [2.45, 2.75) is 6.17 Å². The van der Waals surface area contributed by atoms with Crippen molar-refractivity contribution < 1.29 is 9.47 Å². The first kappa shape index (κ1) is 15.4. The first-order valence-electron chi connectivity index (χ1n) is 6.50. The predicted molar refractivity (Wildman–Crippen MR) is 78.1 cm³/mol. The molecule has 0 aliphatic rings. The minimum absolute atomic E-state index is 0.0741. The molecule has 1 atom stereocenters. The number of hydrogen-bond acceptors (Lipinski definition) is 9. The van der Waals surface area contributed by atoms with Gasteiger partial charge < -0.3 is 32.4 Å². The molecule has 0 saturated carbocycles. The number of nitrogens with two attached hydrogens (primary N) is 4. The van der Waals surface area contributed by atoms with Crippen molar-refractivity contribution >= 4 is 22.9 Å². The largest absolute Gasteiger partial charge is 0.382 e. The van der Waals surface area contributed by atoms with Gasteiger partial charge in [-0.15, -0.1) is 0 Å². The van der Waals surface area contributed by atoms with E-state index in [0.717, 1.165) is 0 Å². The Kier molecular flexibility index (Phi) is 5.22. The number of imidazole rings is 1. The van der Waals surface area contributed by atoms with Gasteiger partial charge in [0.1, 0.15) is 11.7 Å². The summed E-state index contributed by atoms with van der Waals surface area (Å²) in [5.41, 5.74) is 23.6. The second-order valence-corrected chi connectivity index (χ2v) is 4.33. The zero-order valence-electron chi connectivity index (χ0n) is 11.6. The molecule has 10 heteroatoms. The maximum atomic E-state index is 6.04. The van der Waals surface area contributed by atoms with Crippen molar-refractivity contribution in [3.63, 3.8) is 0 Å². The van der Waals surface area contributed by atoms with Crippen molar-refractivity contribution in [3.8, 4) is 0 Å². The lowest BCUT2D eigenvalue weighted by molar-refractivity contribution is 0.0386. The van der Waals surface area contributed by atoms with E-state index in [4.69, 9.17) is 32.4 Å². The first-order chi connectivity index (χ1) is 10.1. The molecular weight excluding hydrogens is 276 g/mol. The van der Waals surface area contributed by atoms with E-state index in [-0.39, 0.29) is 18.4 Å². The highest BCUT2D eigenvalue weighted by Gasteiger charge is 2.14. The van der Waals surface area contributed by atoms with Crippen LogP contribution in [0.15, 0.2) is 6.33 Å². The number of aromatic nitrogens is 4. The molecule has 1 unspecified atom stereocenters. The molecule has 2 heterocycles. The Morgan fingerprint density at radius 1 is 1.14 bits per heavy atom. The van der Waals surface area contributed by atoms with Gasteiger partial charge in [0, 0.05) is 6.54 Å². The highest BCUT2D eigenvalue weighted by atomic mass is 16.5. The zero-order valence-corrected chi connectivity index (χ0v) is 11.6. The van der Waals surface area contributed by atoms with E-state index in [2.05, 4.69) is 15.0 Å². The Labute approximate surface area is 121 Å². The molecule has 2 aromatic heterocycles. The molecule has 2 rings (SSSR count). The highest BCUT2D eigenvalue weighted by Crippen LogP contribution is 2.18. The molecule has 2 aromatic rings. The lowest BCUT2D eigenvalue weighted by atomic mass is 10.4. The van der Waals surface area contributed by atoms with Gasteiger partial charge in [0.25, 0.3) is 0 Å². The fraction of sp³-hybridized carbons (Fsp3) is 0.545. The van der Waals surface area contributed by atoms with Gasteiger partial charge in [-0.3, -0.25) is 4.57 Å². The molecule has 0 spiro atoms. The maximum Gasteiger partial charge on any atom is 0.224 e. The van der Waals surface area contributed by atoms with Crippen molar-refractivity contribution in [1.29, 1.82) is 0 Å². The van der Waals surface area contributed by atoms with E-state index >= 15 is 0 Å². The Morgan fingerprint density at radius 3 is 2.67 bits per heavy atom. The molecular formula is C11H20N8O2. The third-order valence-corrected chi connectivity index (χ3v) is 2.75. The topological polar surface area (TPSA) is 166 Å². The van der Waals surface area contributed by atoms with Gasteiger partial charge >= 0.3 is 0 Å². The van der Waals surface area contributed by atoms with Crippen LogP contribution in [0, 0.1) is 0 Å². The van der Waals surface area contributed by atoms with Crippen molar-refractivity contribution in [2.24, 2.45) is 11.5 Å². The van der Waals surface area contributed by atoms with E-state index in [1.54, 1.807) is 4.57 Å². The number of hydrogen-bond donors (Lipinski definition) is 4. The summed E-state index contributed by atoms with van der Waals surface area (Å²) in [7, 11) is 0. The standard InChI is InChI=1S/C11H20N8O2/c12-1-2-20-3-4-21-5-7(13)19-6-16-8-9(14)17-11(15)18-10(8)19/h6-7H,1-5,12-13H2,(H4,14,15,17,18). The number of nitrogens with zero attached hydrogens (tertiary/aromatic N) is 4. The second kappa shape index (κ2) is 7.13. The number of nitrogen functional groups attached to an aromatic ring is 2. The van der Waals surface area contributed by atoms with E-state index < -0.39 is 6.17 Å². The summed E-state index contributed by atoms with van der Waals surface area (Å²) in [4.78, 5) is 12.1. The van der Waals surface area contributed by atoms with Crippen molar-refractivity contribution in [1.82, 2.24) is 19.5 Å². The minimum atomic E-state index is -0.460. The van der Waals surface area contributed by atoms with Crippen LogP contribution in [0.3, 0.4) is 0 Å². The molecule has 0 fully saturated rings. The summed E-state index contributed by atoms with van der Waals surface area (Å²) in [6.07, 6.45) is 1.08. The first-order valence-corrected chi connectivity index (χ1v) is 6.50. The number of ether oxygens (including phenoxy) is 2. The number of anilines is 2. The van der Waals surface area contributed by atoms with Gasteiger partial charge in [0.15, 0.2) is 11.5 Å². The quantitative estimate of drug-likeness (QED) is 0.421. The average molecular weight is 296 g/mol. The van der Waals surface area contributed by atoms with E-state index in [1.165, 1.54) is 6.33 Å². The van der Waals surface area contributed by atoms with Crippen LogP contribution in [0.5, 0.6) is 0 Å².